The zero-order valence-corrected chi connectivity index (χ0v) is 13.8. The van der Waals surface area contributed by atoms with E-state index in [-0.39, 0.29) is 0 Å². The fourth-order valence-corrected chi connectivity index (χ4v) is 3.02. The lowest BCUT2D eigenvalue weighted by molar-refractivity contribution is 0.309. The molecule has 0 spiro atoms. The van der Waals surface area contributed by atoms with E-state index in [1.807, 2.05) is 18.2 Å². The van der Waals surface area contributed by atoms with E-state index in [1.165, 1.54) is 25.7 Å². The number of thiocarbonyl (C=S) groups is 1. The van der Waals surface area contributed by atoms with Crippen LogP contribution >= 0.6 is 12.2 Å². The smallest absolute Gasteiger partial charge is 0.171 e. The van der Waals surface area contributed by atoms with E-state index in [0.717, 1.165) is 17.2 Å². The maximum atomic E-state index is 5.42. The summed E-state index contributed by atoms with van der Waals surface area (Å²) in [5.41, 5.74) is 0.868. The summed E-state index contributed by atoms with van der Waals surface area (Å²) in [6.07, 6.45) is 5.06. The van der Waals surface area contributed by atoms with E-state index in [9.17, 15) is 0 Å². The van der Waals surface area contributed by atoms with Crippen molar-refractivity contribution in [2.75, 3.05) is 19.5 Å². The lowest BCUT2D eigenvalue weighted by Gasteiger charge is -2.30. The summed E-state index contributed by atoms with van der Waals surface area (Å²) in [5, 5.41) is 7.31. The normalized spacial score (nSPS) is 21.5. The van der Waals surface area contributed by atoms with Gasteiger partial charge in [0.15, 0.2) is 5.11 Å². The van der Waals surface area contributed by atoms with Crippen LogP contribution in [0.25, 0.3) is 0 Å². The quantitative estimate of drug-likeness (QED) is 0.832. The van der Waals surface area contributed by atoms with Crippen molar-refractivity contribution in [2.45, 2.75) is 38.6 Å². The highest BCUT2D eigenvalue weighted by atomic mass is 32.1. The van der Waals surface area contributed by atoms with Gasteiger partial charge in [-0.2, -0.15) is 0 Å². The molecule has 1 aliphatic rings. The van der Waals surface area contributed by atoms with Gasteiger partial charge in [0, 0.05) is 29.9 Å². The molecule has 0 radical (unpaired) electrons. The van der Waals surface area contributed by atoms with Gasteiger partial charge in [0.25, 0.3) is 0 Å². The summed E-state index contributed by atoms with van der Waals surface area (Å²) in [6.45, 7) is 2.29. The largest absolute Gasteiger partial charge is 0.497 e. The lowest BCUT2D eigenvalue weighted by atomic mass is 9.86. The van der Waals surface area contributed by atoms with E-state index in [2.05, 4.69) is 17.6 Å². The molecule has 0 unspecified atom stereocenters. The molecular formula is C16H24N2O2S. The zero-order chi connectivity index (χ0) is 15.2. The molecule has 116 valence electrons. The van der Waals surface area contributed by atoms with Crippen LogP contribution in [0.5, 0.6) is 11.5 Å². The second-order valence-corrected chi connectivity index (χ2v) is 5.98. The SMILES string of the molecule is COc1cc(NC(=S)N[C@H]2CCCC[C@H]2C)cc(OC)c1. The van der Waals surface area contributed by atoms with Crippen LogP contribution in [0.1, 0.15) is 32.6 Å². The van der Waals surface area contributed by atoms with E-state index < -0.39 is 0 Å². The van der Waals surface area contributed by atoms with Crippen LogP contribution in [0.4, 0.5) is 5.69 Å². The predicted octanol–water partition coefficient (Wildman–Crippen LogP) is 3.57. The predicted molar refractivity (Wildman–Crippen MR) is 90.3 cm³/mol. The summed E-state index contributed by atoms with van der Waals surface area (Å²) in [4.78, 5) is 0. The van der Waals surface area contributed by atoms with E-state index >= 15 is 0 Å². The first-order valence-electron chi connectivity index (χ1n) is 7.43. The molecule has 0 aromatic heterocycles. The number of rotatable bonds is 4. The van der Waals surface area contributed by atoms with Crippen LogP contribution in [0.3, 0.4) is 0 Å². The van der Waals surface area contributed by atoms with Crippen molar-refractivity contribution in [1.29, 1.82) is 0 Å². The van der Waals surface area contributed by atoms with Gasteiger partial charge in [-0.3, -0.25) is 0 Å². The van der Waals surface area contributed by atoms with Crippen LogP contribution in [0, 0.1) is 5.92 Å². The minimum atomic E-state index is 0.464. The van der Waals surface area contributed by atoms with Gasteiger partial charge in [-0.1, -0.05) is 19.8 Å². The number of benzene rings is 1. The van der Waals surface area contributed by atoms with Gasteiger partial charge in [0.2, 0.25) is 0 Å². The summed E-state index contributed by atoms with van der Waals surface area (Å²) in [6, 6.07) is 6.11. The van der Waals surface area contributed by atoms with Crippen molar-refractivity contribution >= 4 is 23.0 Å². The highest BCUT2D eigenvalue weighted by molar-refractivity contribution is 7.80. The third-order valence-corrected chi connectivity index (χ3v) is 4.26. The molecule has 21 heavy (non-hydrogen) atoms. The first kappa shape index (κ1) is 15.9. The van der Waals surface area contributed by atoms with E-state index in [0.29, 0.717) is 17.1 Å². The summed E-state index contributed by atoms with van der Waals surface area (Å²) < 4.78 is 10.5. The van der Waals surface area contributed by atoms with E-state index in [4.69, 9.17) is 21.7 Å². The molecule has 5 heteroatoms. The zero-order valence-electron chi connectivity index (χ0n) is 12.9. The van der Waals surface area contributed by atoms with Crippen LogP contribution in [0.15, 0.2) is 18.2 Å². The molecule has 1 aromatic rings. The van der Waals surface area contributed by atoms with Crippen molar-refractivity contribution in [2.24, 2.45) is 5.92 Å². The molecule has 1 aromatic carbocycles. The number of hydrogen-bond acceptors (Lipinski definition) is 3. The Morgan fingerprint density at radius 2 is 1.71 bits per heavy atom. The molecule has 2 N–H and O–H groups in total. The Morgan fingerprint density at radius 1 is 1.10 bits per heavy atom. The van der Waals surface area contributed by atoms with Crippen LogP contribution in [-0.2, 0) is 0 Å². The monoisotopic (exact) mass is 308 g/mol. The maximum Gasteiger partial charge on any atom is 0.171 e. The average Bonchev–Trinajstić information content (AvgIpc) is 2.49. The van der Waals surface area contributed by atoms with Gasteiger partial charge in [0.05, 0.1) is 14.2 Å². The standard InChI is InChI=1S/C16H24N2O2S/c1-11-6-4-5-7-15(11)18-16(21)17-12-8-13(19-2)10-14(9-12)20-3/h8-11,15H,4-7H2,1-3H3,(H2,17,18,21)/t11-,15+/m1/s1. The minimum absolute atomic E-state index is 0.464. The Bertz CT molecular complexity index is 471. The van der Waals surface area contributed by atoms with Crippen LogP contribution in [-0.4, -0.2) is 25.4 Å². The number of anilines is 1. The molecule has 1 fully saturated rings. The number of ether oxygens (including phenoxy) is 2. The first-order valence-corrected chi connectivity index (χ1v) is 7.84. The summed E-state index contributed by atoms with van der Waals surface area (Å²) >= 11 is 5.42. The highest BCUT2D eigenvalue weighted by Gasteiger charge is 2.21. The van der Waals surface area contributed by atoms with Crippen LogP contribution < -0.4 is 20.1 Å². The molecule has 0 heterocycles. The third kappa shape index (κ3) is 4.49. The van der Waals surface area contributed by atoms with E-state index in [1.54, 1.807) is 14.2 Å². The number of methoxy groups -OCH3 is 2. The molecule has 4 nitrogen and oxygen atoms in total. The summed E-state index contributed by atoms with van der Waals surface area (Å²) in [7, 11) is 3.28. The fraction of sp³-hybridized carbons (Fsp3) is 0.562. The van der Waals surface area contributed by atoms with Gasteiger partial charge in [0.1, 0.15) is 11.5 Å². The molecule has 0 bridgehead atoms. The second-order valence-electron chi connectivity index (χ2n) is 5.57. The summed E-state index contributed by atoms with van der Waals surface area (Å²) in [5.74, 6) is 2.15. The van der Waals surface area contributed by atoms with Gasteiger partial charge < -0.3 is 20.1 Å². The molecule has 1 saturated carbocycles. The van der Waals surface area contributed by atoms with Crippen LogP contribution in [0.2, 0.25) is 0 Å². The Hall–Kier alpha value is -1.49. The Labute approximate surface area is 132 Å². The average molecular weight is 308 g/mol. The van der Waals surface area contributed by atoms with Gasteiger partial charge >= 0.3 is 0 Å². The van der Waals surface area contributed by atoms with Gasteiger partial charge in [-0.25, -0.2) is 0 Å². The molecule has 0 amide bonds. The van der Waals surface area contributed by atoms with Crippen molar-refractivity contribution in [3.05, 3.63) is 18.2 Å². The highest BCUT2D eigenvalue weighted by Crippen LogP contribution is 2.26. The molecule has 1 aliphatic carbocycles. The molecule has 0 saturated heterocycles. The first-order chi connectivity index (χ1) is 10.1. The molecule has 2 atom stereocenters. The second kappa shape index (κ2) is 7.50. The van der Waals surface area contributed by atoms with Gasteiger partial charge in [-0.05, 0) is 31.0 Å². The van der Waals surface area contributed by atoms with Crippen molar-refractivity contribution in [1.82, 2.24) is 5.32 Å². The molecular weight excluding hydrogens is 284 g/mol. The van der Waals surface area contributed by atoms with Gasteiger partial charge in [-0.15, -0.1) is 0 Å². The Balaban J connectivity index is 1.98. The lowest BCUT2D eigenvalue weighted by Crippen LogP contribution is -2.43. The minimum Gasteiger partial charge on any atom is -0.497 e. The molecule has 2 rings (SSSR count). The van der Waals surface area contributed by atoms with Crippen molar-refractivity contribution < 1.29 is 9.47 Å². The maximum absolute atomic E-state index is 5.42. The number of nitrogens with one attached hydrogen (secondary N) is 2. The van der Waals surface area contributed by atoms with Crippen molar-refractivity contribution in [3.63, 3.8) is 0 Å². The molecule has 0 aliphatic heterocycles. The Morgan fingerprint density at radius 3 is 2.29 bits per heavy atom. The third-order valence-electron chi connectivity index (χ3n) is 4.04. The number of hydrogen-bond donors (Lipinski definition) is 2. The Kier molecular flexibility index (Phi) is 5.67. The fourth-order valence-electron chi connectivity index (χ4n) is 2.75. The topological polar surface area (TPSA) is 42.5 Å². The van der Waals surface area contributed by atoms with Crippen molar-refractivity contribution in [3.8, 4) is 11.5 Å².